The third-order valence-corrected chi connectivity index (χ3v) is 4.14. The van der Waals surface area contributed by atoms with Gasteiger partial charge >= 0.3 is 0 Å². The molecule has 1 unspecified atom stereocenters. The van der Waals surface area contributed by atoms with Gasteiger partial charge in [0.05, 0.1) is 6.61 Å². The van der Waals surface area contributed by atoms with E-state index in [1.54, 1.807) is 0 Å². The van der Waals surface area contributed by atoms with Crippen molar-refractivity contribution in [1.82, 2.24) is 10.2 Å². The molecule has 1 atom stereocenters. The van der Waals surface area contributed by atoms with Crippen molar-refractivity contribution in [1.29, 1.82) is 0 Å². The zero-order valence-corrected chi connectivity index (χ0v) is 13.2. The molecule has 3 nitrogen and oxygen atoms in total. The second-order valence-electron chi connectivity index (χ2n) is 5.99. The van der Waals surface area contributed by atoms with Crippen molar-refractivity contribution in [3.8, 4) is 0 Å². The van der Waals surface area contributed by atoms with Gasteiger partial charge in [0.2, 0.25) is 0 Å². The van der Waals surface area contributed by atoms with Gasteiger partial charge in [-0.3, -0.25) is 0 Å². The van der Waals surface area contributed by atoms with Crippen LogP contribution in [0.5, 0.6) is 0 Å². The molecule has 20 heavy (non-hydrogen) atoms. The first-order chi connectivity index (χ1) is 9.63. The molecule has 112 valence electrons. The molecule has 1 aromatic rings. The van der Waals surface area contributed by atoms with Gasteiger partial charge in [0, 0.05) is 36.7 Å². The highest BCUT2D eigenvalue weighted by Gasteiger charge is 2.33. The van der Waals surface area contributed by atoms with Crippen LogP contribution < -0.4 is 5.32 Å². The molecular weight excluding hydrogens is 272 g/mol. The molecule has 0 saturated carbocycles. The van der Waals surface area contributed by atoms with Crippen LogP contribution in [0.3, 0.4) is 0 Å². The van der Waals surface area contributed by atoms with Gasteiger partial charge in [-0.15, -0.1) is 0 Å². The zero-order valence-electron chi connectivity index (χ0n) is 12.5. The molecule has 1 saturated heterocycles. The lowest BCUT2D eigenvalue weighted by atomic mass is 9.82. The lowest BCUT2D eigenvalue weighted by Gasteiger charge is -2.40. The van der Waals surface area contributed by atoms with Crippen LogP contribution >= 0.6 is 11.6 Å². The highest BCUT2D eigenvalue weighted by atomic mass is 35.5. The van der Waals surface area contributed by atoms with Gasteiger partial charge in [-0.2, -0.15) is 0 Å². The minimum absolute atomic E-state index is 0.236. The van der Waals surface area contributed by atoms with E-state index in [9.17, 15) is 0 Å². The van der Waals surface area contributed by atoms with Gasteiger partial charge in [0.25, 0.3) is 0 Å². The molecule has 1 aliphatic heterocycles. The fourth-order valence-corrected chi connectivity index (χ4v) is 3.39. The molecular formula is C16H25ClN2O. The van der Waals surface area contributed by atoms with E-state index in [-0.39, 0.29) is 5.41 Å². The van der Waals surface area contributed by atoms with E-state index in [0.29, 0.717) is 0 Å². The third-order valence-electron chi connectivity index (χ3n) is 3.90. The number of nitrogens with one attached hydrogen (secondary N) is 1. The van der Waals surface area contributed by atoms with E-state index < -0.39 is 0 Å². The topological polar surface area (TPSA) is 24.5 Å². The lowest BCUT2D eigenvalue weighted by molar-refractivity contribution is -0.0228. The fraction of sp³-hybridized carbons (Fsp3) is 0.625. The van der Waals surface area contributed by atoms with Gasteiger partial charge in [0.15, 0.2) is 0 Å². The number of halogens is 1. The number of nitrogens with zero attached hydrogens (tertiary/aromatic N) is 1. The lowest BCUT2D eigenvalue weighted by Crippen LogP contribution is -2.47. The molecule has 1 N–H and O–H groups in total. The van der Waals surface area contributed by atoms with E-state index >= 15 is 0 Å². The number of ether oxygens (including phenoxy) is 1. The van der Waals surface area contributed by atoms with E-state index in [1.807, 2.05) is 25.2 Å². The minimum atomic E-state index is 0.236. The Morgan fingerprint density at radius 2 is 2.30 bits per heavy atom. The first-order valence-corrected chi connectivity index (χ1v) is 7.67. The van der Waals surface area contributed by atoms with Crippen LogP contribution in [-0.2, 0) is 11.3 Å². The summed E-state index contributed by atoms with van der Waals surface area (Å²) >= 11 is 6.05. The highest BCUT2D eigenvalue weighted by molar-refractivity contribution is 6.30. The summed E-state index contributed by atoms with van der Waals surface area (Å²) < 4.78 is 5.72. The Morgan fingerprint density at radius 1 is 1.45 bits per heavy atom. The monoisotopic (exact) mass is 296 g/mol. The van der Waals surface area contributed by atoms with Crippen molar-refractivity contribution < 1.29 is 4.74 Å². The van der Waals surface area contributed by atoms with Gasteiger partial charge in [-0.25, -0.2) is 0 Å². The molecule has 4 heteroatoms. The Kier molecular flexibility index (Phi) is 5.85. The molecule has 1 aliphatic rings. The predicted molar refractivity (Wildman–Crippen MR) is 84.2 cm³/mol. The molecule has 0 amide bonds. The van der Waals surface area contributed by atoms with E-state index in [1.165, 1.54) is 12.0 Å². The quantitative estimate of drug-likeness (QED) is 0.874. The van der Waals surface area contributed by atoms with E-state index in [0.717, 1.165) is 44.3 Å². The summed E-state index contributed by atoms with van der Waals surface area (Å²) in [6.45, 7) is 4.73. The Hall–Kier alpha value is -0.610. The van der Waals surface area contributed by atoms with Crippen molar-refractivity contribution in [3.63, 3.8) is 0 Å². The molecule has 0 aromatic heterocycles. The van der Waals surface area contributed by atoms with Gasteiger partial charge in [0.1, 0.15) is 0 Å². The van der Waals surface area contributed by atoms with Crippen LogP contribution in [0.2, 0.25) is 5.02 Å². The average molecular weight is 297 g/mol. The summed E-state index contributed by atoms with van der Waals surface area (Å²) in [5.41, 5.74) is 1.50. The molecule has 0 spiro atoms. The van der Waals surface area contributed by atoms with Crippen molar-refractivity contribution >= 4 is 11.6 Å². The number of hydrogen-bond donors (Lipinski definition) is 1. The number of benzene rings is 1. The molecule has 0 bridgehead atoms. The molecule has 0 aliphatic carbocycles. The van der Waals surface area contributed by atoms with Gasteiger partial charge in [-0.05, 0) is 44.6 Å². The Balaban J connectivity index is 1.95. The largest absolute Gasteiger partial charge is 0.381 e. The standard InChI is InChI=1S/C16H25ClN2O/c1-18-11-16(7-4-8-20-13-16)12-19(2)10-14-5-3-6-15(17)9-14/h3,5-6,9,18H,4,7-8,10-13H2,1-2H3. The average Bonchev–Trinajstić information content (AvgIpc) is 2.39. The second kappa shape index (κ2) is 7.41. The third kappa shape index (κ3) is 4.45. The van der Waals surface area contributed by atoms with Gasteiger partial charge in [-0.1, -0.05) is 23.7 Å². The molecule has 1 heterocycles. The fourth-order valence-electron chi connectivity index (χ4n) is 3.18. The van der Waals surface area contributed by atoms with Crippen LogP contribution in [-0.4, -0.2) is 45.3 Å². The second-order valence-corrected chi connectivity index (χ2v) is 6.43. The first kappa shape index (κ1) is 15.8. The van der Waals surface area contributed by atoms with Crippen LogP contribution in [0.4, 0.5) is 0 Å². The summed E-state index contributed by atoms with van der Waals surface area (Å²) in [5, 5.41) is 4.14. The Morgan fingerprint density at radius 3 is 2.95 bits per heavy atom. The van der Waals surface area contributed by atoms with E-state index in [2.05, 4.69) is 23.3 Å². The Bertz CT molecular complexity index is 413. The maximum atomic E-state index is 6.05. The normalized spacial score (nSPS) is 23.2. The van der Waals surface area contributed by atoms with Crippen LogP contribution in [0.15, 0.2) is 24.3 Å². The summed E-state index contributed by atoms with van der Waals surface area (Å²) in [5.74, 6) is 0. The summed E-state index contributed by atoms with van der Waals surface area (Å²) in [4.78, 5) is 2.37. The van der Waals surface area contributed by atoms with Crippen LogP contribution in [0.1, 0.15) is 18.4 Å². The van der Waals surface area contributed by atoms with Crippen molar-refractivity contribution in [2.75, 3.05) is 40.4 Å². The Labute approximate surface area is 127 Å². The summed E-state index contributed by atoms with van der Waals surface area (Å²) in [6, 6.07) is 8.10. The van der Waals surface area contributed by atoms with Crippen LogP contribution in [0.25, 0.3) is 0 Å². The maximum absolute atomic E-state index is 6.05. The summed E-state index contributed by atoms with van der Waals surface area (Å²) in [7, 11) is 4.19. The van der Waals surface area contributed by atoms with Crippen molar-refractivity contribution in [2.24, 2.45) is 5.41 Å². The molecule has 2 rings (SSSR count). The maximum Gasteiger partial charge on any atom is 0.0546 e. The molecule has 0 radical (unpaired) electrons. The van der Waals surface area contributed by atoms with E-state index in [4.69, 9.17) is 16.3 Å². The van der Waals surface area contributed by atoms with Gasteiger partial charge < -0.3 is 15.0 Å². The predicted octanol–water partition coefficient (Wildman–Crippen LogP) is 2.79. The minimum Gasteiger partial charge on any atom is -0.381 e. The number of hydrogen-bond acceptors (Lipinski definition) is 3. The highest BCUT2D eigenvalue weighted by Crippen LogP contribution is 2.29. The SMILES string of the molecule is CNCC1(CN(C)Cc2cccc(Cl)c2)CCCOC1. The first-order valence-electron chi connectivity index (χ1n) is 7.29. The zero-order chi connectivity index (χ0) is 14.4. The van der Waals surface area contributed by atoms with Crippen LogP contribution in [0, 0.1) is 5.41 Å². The summed E-state index contributed by atoms with van der Waals surface area (Å²) in [6.07, 6.45) is 2.39. The van der Waals surface area contributed by atoms with Crippen molar-refractivity contribution in [2.45, 2.75) is 19.4 Å². The molecule has 1 fully saturated rings. The smallest absolute Gasteiger partial charge is 0.0546 e. The molecule has 1 aromatic carbocycles. The number of rotatable bonds is 6. The van der Waals surface area contributed by atoms with Crippen molar-refractivity contribution in [3.05, 3.63) is 34.9 Å².